The van der Waals surface area contributed by atoms with E-state index in [0.29, 0.717) is 11.6 Å². The lowest BCUT2D eigenvalue weighted by atomic mass is 10.0. The Balaban J connectivity index is 1.94. The number of nitrogens with zero attached hydrogens (tertiary/aromatic N) is 1. The van der Waals surface area contributed by atoms with Gasteiger partial charge in [-0.2, -0.15) is 0 Å². The van der Waals surface area contributed by atoms with Crippen molar-refractivity contribution in [2.75, 3.05) is 19.6 Å². The van der Waals surface area contributed by atoms with Crippen LogP contribution in [0.5, 0.6) is 5.75 Å². The summed E-state index contributed by atoms with van der Waals surface area (Å²) in [6.45, 7) is 4.68. The van der Waals surface area contributed by atoms with Crippen LogP contribution in [0.1, 0.15) is 36.5 Å². The second-order valence-corrected chi connectivity index (χ2v) is 6.10. The number of piperidine rings is 1. The molecule has 5 heteroatoms. The van der Waals surface area contributed by atoms with Crippen molar-refractivity contribution in [1.29, 1.82) is 0 Å². The van der Waals surface area contributed by atoms with E-state index in [2.05, 4.69) is 28.2 Å². The zero-order valence-corrected chi connectivity index (χ0v) is 13.3. The van der Waals surface area contributed by atoms with Gasteiger partial charge >= 0.3 is 0 Å². The zero-order valence-electron chi connectivity index (χ0n) is 11.7. The molecule has 110 valence electrons. The van der Waals surface area contributed by atoms with E-state index in [0.717, 1.165) is 43.4 Å². The van der Waals surface area contributed by atoms with Gasteiger partial charge in [0.05, 0.1) is 5.56 Å². The number of likely N-dealkylation sites (tertiary alicyclic amines) is 1. The van der Waals surface area contributed by atoms with Crippen LogP contribution in [0.4, 0.5) is 0 Å². The fourth-order valence-corrected chi connectivity index (χ4v) is 2.84. The molecule has 0 aromatic heterocycles. The number of aromatic hydroxyl groups is 1. The third kappa shape index (κ3) is 3.73. The maximum absolute atomic E-state index is 12.4. The number of phenols is 1. The number of benzene rings is 1. The van der Waals surface area contributed by atoms with E-state index in [4.69, 9.17) is 0 Å². The van der Waals surface area contributed by atoms with Gasteiger partial charge in [-0.3, -0.25) is 4.79 Å². The number of carbonyl (C=O) groups excluding carboxylic acids is 1. The number of rotatable bonds is 4. The molecule has 1 aliphatic heterocycles. The molecular formula is C15H21BrN2O2. The average Bonchev–Trinajstić information content (AvgIpc) is 2.45. The van der Waals surface area contributed by atoms with Gasteiger partial charge in [-0.15, -0.1) is 0 Å². The fourth-order valence-electron chi connectivity index (χ4n) is 2.49. The minimum atomic E-state index is -0.0797. The summed E-state index contributed by atoms with van der Waals surface area (Å²) in [4.78, 5) is 14.2. The SMILES string of the molecule is CCCNC1CCN(C(=O)c2ccc(Br)cc2O)CC1. The van der Waals surface area contributed by atoms with Crippen molar-refractivity contribution in [3.63, 3.8) is 0 Å². The molecule has 20 heavy (non-hydrogen) atoms. The first kappa shape index (κ1) is 15.3. The number of amides is 1. The summed E-state index contributed by atoms with van der Waals surface area (Å²) in [5.41, 5.74) is 0.383. The lowest BCUT2D eigenvalue weighted by Gasteiger charge is -2.32. The summed E-state index contributed by atoms with van der Waals surface area (Å²) in [5.74, 6) is -0.0421. The van der Waals surface area contributed by atoms with Gasteiger partial charge in [0.2, 0.25) is 0 Å². The standard InChI is InChI=1S/C15H21BrN2O2/c1-2-7-17-12-5-8-18(9-6-12)15(20)13-4-3-11(16)10-14(13)19/h3-4,10,12,17,19H,2,5-9H2,1H3. The maximum atomic E-state index is 12.4. The van der Waals surface area contributed by atoms with Crippen LogP contribution < -0.4 is 5.32 Å². The topological polar surface area (TPSA) is 52.6 Å². The fraction of sp³-hybridized carbons (Fsp3) is 0.533. The van der Waals surface area contributed by atoms with Crippen molar-refractivity contribution in [1.82, 2.24) is 10.2 Å². The number of nitrogens with one attached hydrogen (secondary N) is 1. The molecule has 0 spiro atoms. The molecule has 0 saturated carbocycles. The molecule has 0 atom stereocenters. The highest BCUT2D eigenvalue weighted by molar-refractivity contribution is 9.10. The molecule has 0 unspecified atom stereocenters. The predicted molar refractivity (Wildman–Crippen MR) is 83.0 cm³/mol. The molecule has 1 aromatic carbocycles. The third-order valence-corrected chi connectivity index (χ3v) is 4.15. The third-order valence-electron chi connectivity index (χ3n) is 3.66. The van der Waals surface area contributed by atoms with E-state index in [1.165, 1.54) is 0 Å². The number of phenolic OH excluding ortho intramolecular Hbond substituents is 1. The Hall–Kier alpha value is -1.07. The number of hydrogen-bond acceptors (Lipinski definition) is 3. The van der Waals surface area contributed by atoms with Crippen LogP contribution in [0.15, 0.2) is 22.7 Å². The van der Waals surface area contributed by atoms with Crippen molar-refractivity contribution in [2.24, 2.45) is 0 Å². The Kier molecular flexibility index (Phi) is 5.43. The monoisotopic (exact) mass is 340 g/mol. The zero-order chi connectivity index (χ0) is 14.5. The molecule has 1 saturated heterocycles. The van der Waals surface area contributed by atoms with E-state index in [1.54, 1.807) is 18.2 Å². The molecule has 1 aromatic rings. The molecule has 4 nitrogen and oxygen atoms in total. The normalized spacial score (nSPS) is 16.4. The van der Waals surface area contributed by atoms with Gasteiger partial charge in [0.1, 0.15) is 5.75 Å². The van der Waals surface area contributed by atoms with E-state index >= 15 is 0 Å². The maximum Gasteiger partial charge on any atom is 0.257 e. The highest BCUT2D eigenvalue weighted by Crippen LogP contribution is 2.24. The van der Waals surface area contributed by atoms with E-state index in [1.807, 2.05) is 4.90 Å². The number of hydrogen-bond donors (Lipinski definition) is 2. The molecule has 0 radical (unpaired) electrons. The molecule has 1 aliphatic rings. The molecule has 1 amide bonds. The predicted octanol–water partition coefficient (Wildman–Crippen LogP) is 2.76. The molecule has 0 bridgehead atoms. The molecule has 1 heterocycles. The minimum Gasteiger partial charge on any atom is -0.507 e. The van der Waals surface area contributed by atoms with Crippen LogP contribution in [0.2, 0.25) is 0 Å². The first-order chi connectivity index (χ1) is 9.61. The van der Waals surface area contributed by atoms with Gasteiger partial charge in [0, 0.05) is 23.6 Å². The lowest BCUT2D eigenvalue weighted by Crippen LogP contribution is -2.45. The van der Waals surface area contributed by atoms with E-state index in [-0.39, 0.29) is 11.7 Å². The molecule has 0 aliphatic carbocycles. The van der Waals surface area contributed by atoms with Crippen LogP contribution in [-0.4, -0.2) is 41.6 Å². The van der Waals surface area contributed by atoms with Crippen molar-refractivity contribution in [3.8, 4) is 5.75 Å². The van der Waals surface area contributed by atoms with Crippen LogP contribution in [-0.2, 0) is 0 Å². The summed E-state index contributed by atoms with van der Waals surface area (Å²) in [5, 5.41) is 13.4. The van der Waals surface area contributed by atoms with Crippen molar-refractivity contribution >= 4 is 21.8 Å². The second kappa shape index (κ2) is 7.09. The Morgan fingerprint density at radius 3 is 2.75 bits per heavy atom. The van der Waals surface area contributed by atoms with Crippen LogP contribution >= 0.6 is 15.9 Å². The smallest absolute Gasteiger partial charge is 0.257 e. The van der Waals surface area contributed by atoms with Crippen molar-refractivity contribution in [2.45, 2.75) is 32.2 Å². The molecule has 2 rings (SSSR count). The minimum absolute atomic E-state index is 0.0376. The van der Waals surface area contributed by atoms with Crippen molar-refractivity contribution < 1.29 is 9.90 Å². The molecular weight excluding hydrogens is 320 g/mol. The molecule has 2 N–H and O–H groups in total. The summed E-state index contributed by atoms with van der Waals surface area (Å²) in [6, 6.07) is 5.52. The molecule has 1 fully saturated rings. The van der Waals surface area contributed by atoms with Gasteiger partial charge in [0.25, 0.3) is 5.91 Å². The lowest BCUT2D eigenvalue weighted by molar-refractivity contribution is 0.0702. The Labute approximate surface area is 128 Å². The Morgan fingerprint density at radius 1 is 1.45 bits per heavy atom. The van der Waals surface area contributed by atoms with Gasteiger partial charge < -0.3 is 15.3 Å². The van der Waals surface area contributed by atoms with Gasteiger partial charge in [-0.25, -0.2) is 0 Å². The highest BCUT2D eigenvalue weighted by atomic mass is 79.9. The largest absolute Gasteiger partial charge is 0.507 e. The summed E-state index contributed by atoms with van der Waals surface area (Å²) < 4.78 is 0.772. The Morgan fingerprint density at radius 2 is 2.15 bits per heavy atom. The van der Waals surface area contributed by atoms with Gasteiger partial charge in [-0.1, -0.05) is 22.9 Å². The van der Waals surface area contributed by atoms with Gasteiger partial charge in [0.15, 0.2) is 0 Å². The second-order valence-electron chi connectivity index (χ2n) is 5.18. The summed E-state index contributed by atoms with van der Waals surface area (Å²) in [6.07, 6.45) is 3.08. The van der Waals surface area contributed by atoms with E-state index < -0.39 is 0 Å². The van der Waals surface area contributed by atoms with Crippen LogP contribution in [0.25, 0.3) is 0 Å². The van der Waals surface area contributed by atoms with Crippen LogP contribution in [0.3, 0.4) is 0 Å². The first-order valence-corrected chi connectivity index (χ1v) is 7.92. The number of halogens is 1. The van der Waals surface area contributed by atoms with Crippen LogP contribution in [0, 0.1) is 0 Å². The summed E-state index contributed by atoms with van der Waals surface area (Å²) >= 11 is 3.28. The Bertz CT molecular complexity index is 471. The van der Waals surface area contributed by atoms with Crippen molar-refractivity contribution in [3.05, 3.63) is 28.2 Å². The summed E-state index contributed by atoms with van der Waals surface area (Å²) in [7, 11) is 0. The first-order valence-electron chi connectivity index (χ1n) is 7.13. The quantitative estimate of drug-likeness (QED) is 0.886. The van der Waals surface area contributed by atoms with E-state index in [9.17, 15) is 9.90 Å². The average molecular weight is 341 g/mol. The highest BCUT2D eigenvalue weighted by Gasteiger charge is 2.24. The van der Waals surface area contributed by atoms with Gasteiger partial charge in [-0.05, 0) is 44.0 Å². The number of carbonyl (C=O) groups is 1.